The summed E-state index contributed by atoms with van der Waals surface area (Å²) in [5, 5.41) is 12.4. The fraction of sp³-hybridized carbons (Fsp3) is 0.200. The Kier molecular flexibility index (Phi) is 3.25. The molecule has 2 aromatic heterocycles. The van der Waals surface area contributed by atoms with Crippen molar-refractivity contribution in [1.29, 1.82) is 0 Å². The van der Waals surface area contributed by atoms with Crippen LogP contribution in [-0.2, 0) is 6.54 Å². The monoisotopic (exact) mass is 268 g/mol. The predicted octanol–water partition coefficient (Wildman–Crippen LogP) is 2.89. The van der Waals surface area contributed by atoms with Gasteiger partial charge in [-0.1, -0.05) is 12.1 Å². The summed E-state index contributed by atoms with van der Waals surface area (Å²) in [5.41, 5.74) is 2.20. The van der Waals surface area contributed by atoms with Crippen molar-refractivity contribution in [3.8, 4) is 5.75 Å². The molecule has 5 heteroatoms. The molecule has 0 atom stereocenters. The molecule has 0 aliphatic heterocycles. The maximum Gasteiger partial charge on any atom is 0.134 e. The van der Waals surface area contributed by atoms with Gasteiger partial charge >= 0.3 is 0 Å². The zero-order valence-electron chi connectivity index (χ0n) is 11.5. The molecular weight excluding hydrogens is 252 g/mol. The molecule has 0 fully saturated rings. The van der Waals surface area contributed by atoms with Crippen LogP contribution in [0.15, 0.2) is 36.7 Å². The zero-order valence-corrected chi connectivity index (χ0v) is 11.5. The number of hydrogen-bond acceptors (Lipinski definition) is 4. The number of ether oxygens (including phenoxy) is 1. The Bertz CT molecular complexity index is 736. The average molecular weight is 268 g/mol. The minimum Gasteiger partial charge on any atom is -0.496 e. The van der Waals surface area contributed by atoms with Crippen LogP contribution in [0.4, 0.5) is 5.82 Å². The van der Waals surface area contributed by atoms with Crippen molar-refractivity contribution in [2.75, 3.05) is 12.4 Å². The van der Waals surface area contributed by atoms with E-state index in [9.17, 15) is 0 Å². The third kappa shape index (κ3) is 2.18. The lowest BCUT2D eigenvalue weighted by molar-refractivity contribution is 0.420. The Hall–Kier alpha value is -2.56. The normalized spacial score (nSPS) is 10.7. The summed E-state index contributed by atoms with van der Waals surface area (Å²) in [5.74, 6) is 1.70. The quantitative estimate of drug-likeness (QED) is 0.763. The molecular formula is C15H16N4O. The van der Waals surface area contributed by atoms with Gasteiger partial charge in [-0.15, -0.1) is 0 Å². The summed E-state index contributed by atoms with van der Waals surface area (Å²) in [6, 6.07) is 7.92. The molecule has 0 aliphatic rings. The number of anilines is 1. The smallest absolute Gasteiger partial charge is 0.134 e. The second kappa shape index (κ2) is 5.21. The molecule has 0 bridgehead atoms. The zero-order chi connectivity index (χ0) is 13.9. The van der Waals surface area contributed by atoms with E-state index in [2.05, 4.69) is 20.5 Å². The van der Waals surface area contributed by atoms with Crippen molar-refractivity contribution in [2.24, 2.45) is 0 Å². The number of H-pyrrole nitrogens is 1. The number of aromatic nitrogens is 3. The molecule has 5 nitrogen and oxygen atoms in total. The van der Waals surface area contributed by atoms with Gasteiger partial charge in [-0.05, 0) is 19.1 Å². The Morgan fingerprint density at radius 2 is 2.15 bits per heavy atom. The van der Waals surface area contributed by atoms with E-state index in [1.54, 1.807) is 13.3 Å². The molecule has 1 aromatic carbocycles. The van der Waals surface area contributed by atoms with E-state index in [0.717, 1.165) is 33.6 Å². The van der Waals surface area contributed by atoms with Crippen LogP contribution in [0.5, 0.6) is 5.75 Å². The van der Waals surface area contributed by atoms with Gasteiger partial charge in [0.2, 0.25) is 0 Å². The number of hydrogen-bond donors (Lipinski definition) is 2. The maximum absolute atomic E-state index is 5.38. The van der Waals surface area contributed by atoms with Crippen molar-refractivity contribution in [3.63, 3.8) is 0 Å². The van der Waals surface area contributed by atoms with E-state index in [4.69, 9.17) is 4.74 Å². The Morgan fingerprint density at radius 3 is 2.90 bits per heavy atom. The molecule has 20 heavy (non-hydrogen) atoms. The van der Waals surface area contributed by atoms with Crippen molar-refractivity contribution < 1.29 is 4.74 Å². The van der Waals surface area contributed by atoms with Gasteiger partial charge in [0.25, 0.3) is 0 Å². The molecule has 102 valence electrons. The van der Waals surface area contributed by atoms with Gasteiger partial charge < -0.3 is 10.1 Å². The van der Waals surface area contributed by atoms with Crippen LogP contribution < -0.4 is 10.1 Å². The maximum atomic E-state index is 5.38. The minimum absolute atomic E-state index is 0.686. The highest BCUT2D eigenvalue weighted by Gasteiger charge is 2.07. The summed E-state index contributed by atoms with van der Waals surface area (Å²) in [7, 11) is 1.68. The number of aromatic amines is 1. The molecule has 2 heterocycles. The Labute approximate surface area is 117 Å². The largest absolute Gasteiger partial charge is 0.496 e. The number of aryl methyl sites for hydroxylation is 1. The van der Waals surface area contributed by atoms with Crippen LogP contribution in [0.25, 0.3) is 10.8 Å². The molecule has 0 amide bonds. The molecule has 0 spiro atoms. The predicted molar refractivity (Wildman–Crippen MR) is 78.9 cm³/mol. The number of nitrogens with zero attached hydrogens (tertiary/aromatic N) is 2. The van der Waals surface area contributed by atoms with Crippen molar-refractivity contribution in [1.82, 2.24) is 15.2 Å². The molecule has 2 N–H and O–H groups in total. The van der Waals surface area contributed by atoms with Gasteiger partial charge in [-0.2, -0.15) is 5.10 Å². The number of nitrogens with one attached hydrogen (secondary N) is 2. The number of methoxy groups -OCH3 is 1. The van der Waals surface area contributed by atoms with E-state index in [-0.39, 0.29) is 0 Å². The number of pyridine rings is 1. The van der Waals surface area contributed by atoms with E-state index in [0.29, 0.717) is 6.54 Å². The Balaban J connectivity index is 1.94. The van der Waals surface area contributed by atoms with Crippen molar-refractivity contribution in [3.05, 3.63) is 47.9 Å². The first-order valence-electron chi connectivity index (χ1n) is 6.44. The average Bonchev–Trinajstić information content (AvgIpc) is 2.89. The molecule has 3 aromatic rings. The summed E-state index contributed by atoms with van der Waals surface area (Å²) in [6.07, 6.45) is 3.61. The number of fused-ring (bicyclic) bond motifs is 1. The fourth-order valence-corrected chi connectivity index (χ4v) is 2.23. The van der Waals surface area contributed by atoms with Gasteiger partial charge in [0.15, 0.2) is 0 Å². The van der Waals surface area contributed by atoms with Gasteiger partial charge in [-0.25, -0.2) is 4.98 Å². The number of rotatable bonds is 4. The van der Waals surface area contributed by atoms with Crippen LogP contribution in [-0.4, -0.2) is 22.3 Å². The third-order valence-electron chi connectivity index (χ3n) is 3.37. The van der Waals surface area contributed by atoms with E-state index in [1.165, 1.54) is 0 Å². The van der Waals surface area contributed by atoms with Gasteiger partial charge in [0.1, 0.15) is 11.6 Å². The lowest BCUT2D eigenvalue weighted by Crippen LogP contribution is -2.02. The van der Waals surface area contributed by atoms with Crippen LogP contribution in [0.3, 0.4) is 0 Å². The van der Waals surface area contributed by atoms with Crippen molar-refractivity contribution >= 4 is 16.6 Å². The molecule has 0 saturated heterocycles. The number of benzene rings is 1. The van der Waals surface area contributed by atoms with E-state index >= 15 is 0 Å². The van der Waals surface area contributed by atoms with E-state index in [1.807, 2.05) is 37.4 Å². The Morgan fingerprint density at radius 1 is 1.25 bits per heavy atom. The molecule has 3 rings (SSSR count). The second-order valence-corrected chi connectivity index (χ2v) is 4.59. The SMILES string of the molecule is COc1cccc2c(NCc3cn[nH]c3C)nccc12. The first-order valence-corrected chi connectivity index (χ1v) is 6.44. The minimum atomic E-state index is 0.686. The summed E-state index contributed by atoms with van der Waals surface area (Å²) in [6.45, 7) is 2.69. The first-order chi connectivity index (χ1) is 9.79. The lowest BCUT2D eigenvalue weighted by Gasteiger charge is -2.10. The highest BCUT2D eigenvalue weighted by Crippen LogP contribution is 2.29. The second-order valence-electron chi connectivity index (χ2n) is 4.59. The van der Waals surface area contributed by atoms with Crippen LogP contribution in [0.1, 0.15) is 11.3 Å². The lowest BCUT2D eigenvalue weighted by atomic mass is 10.1. The standard InChI is InChI=1S/C15H16N4O/c1-10-11(9-18-19-10)8-17-15-13-4-3-5-14(20-2)12(13)6-7-16-15/h3-7,9H,8H2,1-2H3,(H,16,17)(H,18,19). The summed E-state index contributed by atoms with van der Waals surface area (Å²) >= 11 is 0. The van der Waals surface area contributed by atoms with Crippen LogP contribution in [0, 0.1) is 6.92 Å². The van der Waals surface area contributed by atoms with Gasteiger partial charge in [-0.3, -0.25) is 5.10 Å². The fourth-order valence-electron chi connectivity index (χ4n) is 2.23. The topological polar surface area (TPSA) is 62.8 Å². The summed E-state index contributed by atoms with van der Waals surface area (Å²) in [4.78, 5) is 4.41. The third-order valence-corrected chi connectivity index (χ3v) is 3.37. The summed E-state index contributed by atoms with van der Waals surface area (Å²) < 4.78 is 5.38. The van der Waals surface area contributed by atoms with Crippen LogP contribution >= 0.6 is 0 Å². The molecule has 0 radical (unpaired) electrons. The highest BCUT2D eigenvalue weighted by atomic mass is 16.5. The van der Waals surface area contributed by atoms with E-state index < -0.39 is 0 Å². The highest BCUT2D eigenvalue weighted by molar-refractivity contribution is 5.95. The molecule has 0 aliphatic carbocycles. The first kappa shape index (κ1) is 12.5. The van der Waals surface area contributed by atoms with Crippen LogP contribution in [0.2, 0.25) is 0 Å². The molecule has 0 saturated carbocycles. The van der Waals surface area contributed by atoms with Gasteiger partial charge in [0, 0.05) is 34.8 Å². The molecule has 0 unspecified atom stereocenters. The van der Waals surface area contributed by atoms with Gasteiger partial charge in [0.05, 0.1) is 13.3 Å². The van der Waals surface area contributed by atoms with Crippen molar-refractivity contribution in [2.45, 2.75) is 13.5 Å².